The van der Waals surface area contributed by atoms with Crippen LogP contribution in [0.25, 0.3) is 0 Å². The van der Waals surface area contributed by atoms with Gasteiger partial charge in [0, 0.05) is 12.6 Å². The van der Waals surface area contributed by atoms with Gasteiger partial charge in [0.05, 0.1) is 6.26 Å². The van der Waals surface area contributed by atoms with Crippen LogP contribution in [0.3, 0.4) is 0 Å². The highest BCUT2D eigenvalue weighted by molar-refractivity contribution is 5.91. The van der Waals surface area contributed by atoms with Crippen LogP contribution in [0.1, 0.15) is 50.6 Å². The predicted octanol–water partition coefficient (Wildman–Crippen LogP) is 3.57. The van der Waals surface area contributed by atoms with E-state index in [0.717, 1.165) is 19.4 Å². The summed E-state index contributed by atoms with van der Waals surface area (Å²) in [6.07, 6.45) is 4.98. The fourth-order valence-electron chi connectivity index (χ4n) is 2.77. The summed E-state index contributed by atoms with van der Waals surface area (Å²) in [6.45, 7) is 7.52. The molecule has 1 aliphatic heterocycles. The number of amides is 1. The molecule has 0 aromatic carbocycles. The average molecular weight is 249 g/mol. The van der Waals surface area contributed by atoms with Crippen molar-refractivity contribution < 1.29 is 9.21 Å². The van der Waals surface area contributed by atoms with Crippen LogP contribution in [-0.4, -0.2) is 23.4 Å². The molecule has 2 heterocycles. The smallest absolute Gasteiger partial charge is 0.289 e. The third-order valence-corrected chi connectivity index (χ3v) is 3.98. The zero-order valence-electron chi connectivity index (χ0n) is 11.6. The first-order chi connectivity index (χ1) is 8.59. The second kappa shape index (κ2) is 5.59. The molecule has 2 atom stereocenters. The lowest BCUT2D eigenvalue weighted by Gasteiger charge is -2.32. The van der Waals surface area contributed by atoms with Crippen LogP contribution < -0.4 is 0 Å². The van der Waals surface area contributed by atoms with E-state index < -0.39 is 0 Å². The molecule has 0 saturated carbocycles. The molecule has 1 amide bonds. The number of hydrogen-bond donors (Lipinski definition) is 0. The van der Waals surface area contributed by atoms with Crippen molar-refractivity contribution in [2.45, 2.75) is 46.1 Å². The van der Waals surface area contributed by atoms with Gasteiger partial charge >= 0.3 is 0 Å². The number of carbonyl (C=O) groups is 1. The number of carbonyl (C=O) groups excluding carboxylic acids is 1. The van der Waals surface area contributed by atoms with Gasteiger partial charge in [0.15, 0.2) is 5.76 Å². The minimum absolute atomic E-state index is 0.0489. The van der Waals surface area contributed by atoms with Gasteiger partial charge < -0.3 is 9.32 Å². The molecule has 3 heteroatoms. The van der Waals surface area contributed by atoms with E-state index in [2.05, 4.69) is 20.8 Å². The molecule has 100 valence electrons. The largest absolute Gasteiger partial charge is 0.459 e. The minimum atomic E-state index is 0.0489. The Kier molecular flexibility index (Phi) is 4.10. The van der Waals surface area contributed by atoms with Crippen LogP contribution in [0.4, 0.5) is 0 Å². The number of nitrogens with zero attached hydrogens (tertiary/aromatic N) is 1. The van der Waals surface area contributed by atoms with Crippen molar-refractivity contribution in [1.29, 1.82) is 0 Å². The van der Waals surface area contributed by atoms with Crippen molar-refractivity contribution in [2.75, 3.05) is 6.54 Å². The fourth-order valence-corrected chi connectivity index (χ4v) is 2.77. The molecule has 0 radical (unpaired) electrons. The van der Waals surface area contributed by atoms with E-state index in [1.165, 1.54) is 6.42 Å². The maximum absolute atomic E-state index is 12.5. The zero-order chi connectivity index (χ0) is 13.1. The Labute approximate surface area is 109 Å². The van der Waals surface area contributed by atoms with Gasteiger partial charge in [-0.3, -0.25) is 4.79 Å². The summed E-state index contributed by atoms with van der Waals surface area (Å²) in [6, 6.07) is 3.87. The van der Waals surface area contributed by atoms with Gasteiger partial charge in [-0.1, -0.05) is 20.8 Å². The normalized spacial score (nSPS) is 25.2. The van der Waals surface area contributed by atoms with Crippen LogP contribution in [0, 0.1) is 11.8 Å². The second-order valence-corrected chi connectivity index (χ2v) is 5.76. The molecule has 1 fully saturated rings. The number of hydrogen-bond acceptors (Lipinski definition) is 2. The van der Waals surface area contributed by atoms with Gasteiger partial charge in [-0.15, -0.1) is 0 Å². The lowest BCUT2D eigenvalue weighted by molar-refractivity contribution is 0.0599. The van der Waals surface area contributed by atoms with E-state index in [-0.39, 0.29) is 5.91 Å². The molecule has 0 N–H and O–H groups in total. The lowest BCUT2D eigenvalue weighted by atomic mass is 9.95. The summed E-state index contributed by atoms with van der Waals surface area (Å²) in [5, 5.41) is 0. The maximum Gasteiger partial charge on any atom is 0.289 e. The Morgan fingerprint density at radius 2 is 2.17 bits per heavy atom. The van der Waals surface area contributed by atoms with Gasteiger partial charge in [0.2, 0.25) is 0 Å². The first-order valence-corrected chi connectivity index (χ1v) is 6.94. The van der Waals surface area contributed by atoms with Crippen LogP contribution in [-0.2, 0) is 0 Å². The summed E-state index contributed by atoms with van der Waals surface area (Å²) in [5.41, 5.74) is 0. The van der Waals surface area contributed by atoms with E-state index in [1.54, 1.807) is 18.4 Å². The van der Waals surface area contributed by atoms with Gasteiger partial charge in [-0.05, 0) is 43.2 Å². The van der Waals surface area contributed by atoms with Crippen molar-refractivity contribution in [2.24, 2.45) is 11.8 Å². The molecule has 0 bridgehead atoms. The monoisotopic (exact) mass is 249 g/mol. The molecular formula is C15H23NO2. The zero-order valence-corrected chi connectivity index (χ0v) is 11.6. The number of likely N-dealkylation sites (tertiary alicyclic amines) is 1. The highest BCUT2D eigenvalue weighted by Crippen LogP contribution is 2.27. The van der Waals surface area contributed by atoms with Gasteiger partial charge in [-0.25, -0.2) is 0 Å². The molecule has 1 saturated heterocycles. The molecule has 1 aromatic heterocycles. The predicted molar refractivity (Wildman–Crippen MR) is 71.4 cm³/mol. The first kappa shape index (κ1) is 13.2. The van der Waals surface area contributed by atoms with Crippen molar-refractivity contribution in [3.8, 4) is 0 Å². The Morgan fingerprint density at radius 3 is 2.78 bits per heavy atom. The van der Waals surface area contributed by atoms with E-state index in [1.807, 2.05) is 4.90 Å². The summed E-state index contributed by atoms with van der Waals surface area (Å²) in [4.78, 5) is 14.5. The number of furan rings is 1. The molecule has 1 aliphatic rings. The lowest BCUT2D eigenvalue weighted by Crippen LogP contribution is -2.42. The first-order valence-electron chi connectivity index (χ1n) is 6.94. The van der Waals surface area contributed by atoms with Crippen molar-refractivity contribution in [1.82, 2.24) is 4.90 Å². The Hall–Kier alpha value is -1.25. The molecule has 1 aromatic rings. The van der Waals surface area contributed by atoms with Crippen LogP contribution >= 0.6 is 0 Å². The van der Waals surface area contributed by atoms with E-state index >= 15 is 0 Å². The van der Waals surface area contributed by atoms with E-state index in [4.69, 9.17) is 4.42 Å². The topological polar surface area (TPSA) is 33.5 Å². The summed E-state index contributed by atoms with van der Waals surface area (Å²) in [7, 11) is 0. The highest BCUT2D eigenvalue weighted by atomic mass is 16.3. The maximum atomic E-state index is 12.5. The van der Waals surface area contributed by atoms with Crippen LogP contribution in [0.15, 0.2) is 22.8 Å². The molecule has 18 heavy (non-hydrogen) atoms. The van der Waals surface area contributed by atoms with Gasteiger partial charge in [0.25, 0.3) is 5.91 Å². The van der Waals surface area contributed by atoms with Crippen molar-refractivity contribution >= 4 is 5.91 Å². The van der Waals surface area contributed by atoms with Crippen LogP contribution in [0.2, 0.25) is 0 Å². The second-order valence-electron chi connectivity index (χ2n) is 5.76. The summed E-state index contributed by atoms with van der Waals surface area (Å²) in [5.74, 6) is 1.72. The summed E-state index contributed by atoms with van der Waals surface area (Å²) < 4.78 is 5.25. The van der Waals surface area contributed by atoms with E-state index in [9.17, 15) is 4.79 Å². The summed E-state index contributed by atoms with van der Waals surface area (Å²) >= 11 is 0. The van der Waals surface area contributed by atoms with Crippen LogP contribution in [0.5, 0.6) is 0 Å². The average Bonchev–Trinajstić information content (AvgIpc) is 2.78. The molecular weight excluding hydrogens is 226 g/mol. The van der Waals surface area contributed by atoms with Crippen molar-refractivity contribution in [3.05, 3.63) is 24.2 Å². The van der Waals surface area contributed by atoms with Gasteiger partial charge in [-0.2, -0.15) is 0 Å². The SMILES string of the molecule is CC1CCC(C(C)C)N(C(=O)c2ccco2)CC1. The van der Waals surface area contributed by atoms with Gasteiger partial charge in [0.1, 0.15) is 0 Å². The molecule has 2 rings (SSSR count). The van der Waals surface area contributed by atoms with Crippen molar-refractivity contribution in [3.63, 3.8) is 0 Å². The minimum Gasteiger partial charge on any atom is -0.459 e. The Balaban J connectivity index is 2.18. The Morgan fingerprint density at radius 1 is 1.39 bits per heavy atom. The van der Waals surface area contributed by atoms with E-state index in [0.29, 0.717) is 23.6 Å². The number of rotatable bonds is 2. The molecule has 3 nitrogen and oxygen atoms in total. The molecule has 0 aliphatic carbocycles. The third-order valence-electron chi connectivity index (χ3n) is 3.98. The third kappa shape index (κ3) is 2.77. The Bertz CT molecular complexity index is 383. The molecule has 2 unspecified atom stereocenters. The fraction of sp³-hybridized carbons (Fsp3) is 0.667. The standard InChI is InChI=1S/C15H23NO2/c1-11(2)13-7-6-12(3)8-9-16(13)15(17)14-5-4-10-18-14/h4-5,10-13H,6-9H2,1-3H3. The highest BCUT2D eigenvalue weighted by Gasteiger charge is 2.30. The quantitative estimate of drug-likeness (QED) is 0.803. The molecule has 0 spiro atoms.